The summed E-state index contributed by atoms with van der Waals surface area (Å²) in [5.41, 5.74) is 3.50. The lowest BCUT2D eigenvalue weighted by molar-refractivity contribution is 0.924. The lowest BCUT2D eigenvalue weighted by Gasteiger charge is -2.11. The van der Waals surface area contributed by atoms with Gasteiger partial charge in [-0.2, -0.15) is 11.8 Å². The first-order valence-corrected chi connectivity index (χ1v) is 8.25. The van der Waals surface area contributed by atoms with Crippen LogP contribution < -0.4 is 5.32 Å². The van der Waals surface area contributed by atoms with E-state index in [1.165, 1.54) is 11.3 Å². The van der Waals surface area contributed by atoms with Gasteiger partial charge in [-0.3, -0.25) is 0 Å². The SMILES string of the molecule is CCNc1nc(Cc2ccccc2Cl)nc2c1CSC2. The van der Waals surface area contributed by atoms with Crippen molar-refractivity contribution < 1.29 is 0 Å². The van der Waals surface area contributed by atoms with Gasteiger partial charge in [0.2, 0.25) is 0 Å². The fourth-order valence-electron chi connectivity index (χ4n) is 2.31. The van der Waals surface area contributed by atoms with Crippen molar-refractivity contribution in [3.63, 3.8) is 0 Å². The van der Waals surface area contributed by atoms with Crippen LogP contribution in [0.3, 0.4) is 0 Å². The molecule has 0 unspecified atom stereocenters. The topological polar surface area (TPSA) is 37.8 Å². The van der Waals surface area contributed by atoms with Gasteiger partial charge in [-0.25, -0.2) is 9.97 Å². The molecule has 1 aromatic heterocycles. The molecule has 104 valence electrons. The predicted octanol–water partition coefficient (Wildman–Crippen LogP) is 3.90. The van der Waals surface area contributed by atoms with Crippen LogP contribution in [0.15, 0.2) is 24.3 Å². The molecule has 1 aliphatic heterocycles. The summed E-state index contributed by atoms with van der Waals surface area (Å²) in [4.78, 5) is 9.38. The smallest absolute Gasteiger partial charge is 0.135 e. The van der Waals surface area contributed by atoms with E-state index in [2.05, 4.69) is 17.2 Å². The Kier molecular flexibility index (Phi) is 4.13. The van der Waals surface area contributed by atoms with E-state index in [-0.39, 0.29) is 0 Å². The highest BCUT2D eigenvalue weighted by molar-refractivity contribution is 7.98. The number of nitrogens with zero attached hydrogens (tertiary/aromatic N) is 2. The highest BCUT2D eigenvalue weighted by atomic mass is 35.5. The van der Waals surface area contributed by atoms with E-state index in [0.717, 1.165) is 40.3 Å². The molecule has 2 aromatic rings. The van der Waals surface area contributed by atoms with E-state index in [1.54, 1.807) is 0 Å². The molecular weight excluding hydrogens is 290 g/mol. The standard InChI is InChI=1S/C15H16ClN3S/c1-2-17-15-11-8-20-9-13(11)18-14(19-15)7-10-5-3-4-6-12(10)16/h3-6H,2,7-9H2,1H3,(H,17,18,19). The Bertz CT molecular complexity index is 631. The predicted molar refractivity (Wildman–Crippen MR) is 85.5 cm³/mol. The third-order valence-corrected chi connectivity index (χ3v) is 4.61. The molecule has 3 nitrogen and oxygen atoms in total. The molecule has 20 heavy (non-hydrogen) atoms. The molecule has 1 aromatic carbocycles. The van der Waals surface area contributed by atoms with Crippen LogP contribution >= 0.6 is 23.4 Å². The third-order valence-electron chi connectivity index (χ3n) is 3.27. The van der Waals surface area contributed by atoms with Gasteiger partial charge in [0.05, 0.1) is 5.69 Å². The molecule has 5 heteroatoms. The summed E-state index contributed by atoms with van der Waals surface area (Å²) in [7, 11) is 0. The molecule has 0 aliphatic carbocycles. The number of aromatic nitrogens is 2. The summed E-state index contributed by atoms with van der Waals surface area (Å²) >= 11 is 8.11. The lowest BCUT2D eigenvalue weighted by Crippen LogP contribution is -2.09. The first-order valence-electron chi connectivity index (χ1n) is 6.71. The van der Waals surface area contributed by atoms with Crippen molar-refractivity contribution in [2.75, 3.05) is 11.9 Å². The van der Waals surface area contributed by atoms with Crippen molar-refractivity contribution in [3.05, 3.63) is 51.9 Å². The number of thioether (sulfide) groups is 1. The van der Waals surface area contributed by atoms with Crippen molar-refractivity contribution in [1.29, 1.82) is 0 Å². The summed E-state index contributed by atoms with van der Waals surface area (Å²) in [6.07, 6.45) is 0.677. The second kappa shape index (κ2) is 6.02. The first-order chi connectivity index (χ1) is 9.78. The van der Waals surface area contributed by atoms with Gasteiger partial charge in [-0.15, -0.1) is 0 Å². The van der Waals surface area contributed by atoms with Crippen molar-refractivity contribution in [3.8, 4) is 0 Å². The van der Waals surface area contributed by atoms with E-state index < -0.39 is 0 Å². The van der Waals surface area contributed by atoms with Crippen molar-refractivity contribution in [1.82, 2.24) is 9.97 Å². The van der Waals surface area contributed by atoms with Crippen LogP contribution in [0.4, 0.5) is 5.82 Å². The second-order valence-electron chi connectivity index (χ2n) is 4.71. The van der Waals surface area contributed by atoms with Crippen molar-refractivity contribution in [2.45, 2.75) is 24.9 Å². The zero-order valence-corrected chi connectivity index (χ0v) is 12.9. The molecule has 0 radical (unpaired) electrons. The van der Waals surface area contributed by atoms with Crippen LogP contribution in [0.1, 0.15) is 29.6 Å². The summed E-state index contributed by atoms with van der Waals surface area (Å²) in [5, 5.41) is 4.13. The normalized spacial score (nSPS) is 13.3. The van der Waals surface area contributed by atoms with Crippen LogP contribution in [0.5, 0.6) is 0 Å². The number of hydrogen-bond acceptors (Lipinski definition) is 4. The molecule has 3 rings (SSSR count). The Morgan fingerprint density at radius 3 is 2.90 bits per heavy atom. The van der Waals surface area contributed by atoms with Crippen molar-refractivity contribution in [2.24, 2.45) is 0 Å². The molecule has 2 heterocycles. The zero-order chi connectivity index (χ0) is 13.9. The highest BCUT2D eigenvalue weighted by Crippen LogP contribution is 2.33. The highest BCUT2D eigenvalue weighted by Gasteiger charge is 2.19. The number of rotatable bonds is 4. The van der Waals surface area contributed by atoms with Gasteiger partial charge in [0.15, 0.2) is 0 Å². The molecule has 0 bridgehead atoms. The maximum atomic E-state index is 6.22. The molecule has 0 spiro atoms. The molecule has 0 saturated heterocycles. The van der Waals surface area contributed by atoms with E-state index in [9.17, 15) is 0 Å². The van der Waals surface area contributed by atoms with Gasteiger partial charge < -0.3 is 5.32 Å². The molecule has 0 atom stereocenters. The maximum absolute atomic E-state index is 6.22. The van der Waals surface area contributed by atoms with Gasteiger partial charge in [0.25, 0.3) is 0 Å². The average molecular weight is 306 g/mol. The molecule has 0 fully saturated rings. The summed E-state index contributed by atoms with van der Waals surface area (Å²) in [6, 6.07) is 7.87. The Hall–Kier alpha value is -1.26. The average Bonchev–Trinajstić information content (AvgIpc) is 2.90. The Labute approximate surface area is 128 Å². The lowest BCUT2D eigenvalue weighted by atomic mass is 10.1. The minimum Gasteiger partial charge on any atom is -0.370 e. The Morgan fingerprint density at radius 1 is 1.25 bits per heavy atom. The van der Waals surface area contributed by atoms with Crippen molar-refractivity contribution >= 4 is 29.2 Å². The number of anilines is 1. The second-order valence-corrected chi connectivity index (χ2v) is 6.10. The van der Waals surface area contributed by atoms with Gasteiger partial charge >= 0.3 is 0 Å². The largest absolute Gasteiger partial charge is 0.370 e. The van der Waals surface area contributed by atoms with Gasteiger partial charge in [0.1, 0.15) is 11.6 Å². The van der Waals surface area contributed by atoms with Crippen LogP contribution in [-0.4, -0.2) is 16.5 Å². The minimum absolute atomic E-state index is 0.677. The minimum atomic E-state index is 0.677. The summed E-state index contributed by atoms with van der Waals surface area (Å²) in [5.74, 6) is 3.82. The molecule has 0 amide bonds. The van der Waals surface area contributed by atoms with Gasteiger partial charge in [0, 0.05) is 35.1 Å². The maximum Gasteiger partial charge on any atom is 0.135 e. The zero-order valence-electron chi connectivity index (χ0n) is 11.3. The molecule has 1 aliphatic rings. The number of fused-ring (bicyclic) bond motifs is 1. The first kappa shape index (κ1) is 13.7. The van der Waals surface area contributed by atoms with Crippen LogP contribution in [0.25, 0.3) is 0 Å². The molecule has 0 saturated carbocycles. The number of hydrogen-bond donors (Lipinski definition) is 1. The van der Waals surface area contributed by atoms with E-state index >= 15 is 0 Å². The molecular formula is C15H16ClN3S. The van der Waals surface area contributed by atoms with Crippen LogP contribution in [0, 0.1) is 0 Å². The Morgan fingerprint density at radius 2 is 2.10 bits per heavy atom. The summed E-state index contributed by atoms with van der Waals surface area (Å²) < 4.78 is 0. The number of nitrogens with one attached hydrogen (secondary N) is 1. The molecule has 1 N–H and O–H groups in total. The number of benzene rings is 1. The fraction of sp³-hybridized carbons (Fsp3) is 0.333. The quantitative estimate of drug-likeness (QED) is 0.929. The Balaban J connectivity index is 1.94. The number of halogens is 1. The fourth-order valence-corrected chi connectivity index (χ4v) is 3.55. The van der Waals surface area contributed by atoms with Crippen LogP contribution in [0.2, 0.25) is 5.02 Å². The van der Waals surface area contributed by atoms with Gasteiger partial charge in [-0.1, -0.05) is 29.8 Å². The van der Waals surface area contributed by atoms with Crippen LogP contribution in [-0.2, 0) is 17.9 Å². The monoisotopic (exact) mass is 305 g/mol. The van der Waals surface area contributed by atoms with E-state index in [0.29, 0.717) is 6.42 Å². The summed E-state index contributed by atoms with van der Waals surface area (Å²) in [6.45, 7) is 2.96. The van der Waals surface area contributed by atoms with Gasteiger partial charge in [-0.05, 0) is 18.6 Å². The third kappa shape index (κ3) is 2.76. The van der Waals surface area contributed by atoms with E-state index in [4.69, 9.17) is 16.6 Å². The van der Waals surface area contributed by atoms with E-state index in [1.807, 2.05) is 36.0 Å².